The van der Waals surface area contributed by atoms with E-state index >= 15 is 0 Å². The zero-order valence-electron chi connectivity index (χ0n) is 10.0. The molecule has 1 aromatic carbocycles. The summed E-state index contributed by atoms with van der Waals surface area (Å²) < 4.78 is 7.39. The third-order valence-electron chi connectivity index (χ3n) is 2.67. The van der Waals surface area contributed by atoms with Gasteiger partial charge in [-0.05, 0) is 36.6 Å². The van der Waals surface area contributed by atoms with Crippen LogP contribution >= 0.6 is 35.1 Å². The summed E-state index contributed by atoms with van der Waals surface area (Å²) in [6.45, 7) is 1.29. The van der Waals surface area contributed by atoms with Crippen molar-refractivity contribution >= 4 is 41.1 Å². The number of hydrogen-bond acceptors (Lipinski definition) is 4. The Balaban J connectivity index is 1.86. The van der Waals surface area contributed by atoms with Crippen molar-refractivity contribution in [2.24, 2.45) is 0 Å². The number of carboxylic acid groups (broad SMARTS) is 1. The molecule has 1 atom stereocenters. The maximum atomic E-state index is 10.4. The van der Waals surface area contributed by atoms with Gasteiger partial charge in [-0.1, -0.05) is 23.2 Å². The molecule has 1 aliphatic rings. The van der Waals surface area contributed by atoms with Gasteiger partial charge in [-0.15, -0.1) is 0 Å². The summed E-state index contributed by atoms with van der Waals surface area (Å²) in [5.74, 6) is -0.938. The highest BCUT2D eigenvalue weighted by Crippen LogP contribution is 2.34. The van der Waals surface area contributed by atoms with Gasteiger partial charge in [0.1, 0.15) is 6.61 Å². The molecular formula is C12H13Cl2NO3S. The molecule has 1 saturated heterocycles. The predicted octanol–water partition coefficient (Wildman–Crippen LogP) is 3.18. The minimum atomic E-state index is -0.938. The second kappa shape index (κ2) is 6.81. The lowest BCUT2D eigenvalue weighted by Crippen LogP contribution is -2.21. The van der Waals surface area contributed by atoms with Crippen molar-refractivity contribution in [2.75, 3.05) is 19.7 Å². The summed E-state index contributed by atoms with van der Waals surface area (Å²) >= 11 is 13.5. The second-order valence-corrected chi connectivity index (χ2v) is 6.15. The van der Waals surface area contributed by atoms with E-state index in [0.717, 1.165) is 17.9 Å². The van der Waals surface area contributed by atoms with Crippen molar-refractivity contribution in [3.8, 4) is 0 Å². The normalized spacial score (nSPS) is 19.8. The van der Waals surface area contributed by atoms with E-state index in [2.05, 4.69) is 4.31 Å². The lowest BCUT2D eigenvalue weighted by atomic mass is 10.3. The molecule has 0 aromatic heterocycles. The molecule has 0 aliphatic carbocycles. The monoisotopic (exact) mass is 321 g/mol. The number of carbonyl (C=O) groups is 1. The summed E-state index contributed by atoms with van der Waals surface area (Å²) in [6, 6.07) is 5.38. The van der Waals surface area contributed by atoms with Gasteiger partial charge in [0.25, 0.3) is 0 Å². The van der Waals surface area contributed by atoms with Crippen LogP contribution in [0.25, 0.3) is 0 Å². The second-order valence-electron chi connectivity index (χ2n) is 4.17. The van der Waals surface area contributed by atoms with Crippen LogP contribution < -0.4 is 0 Å². The summed E-state index contributed by atoms with van der Waals surface area (Å²) in [5.41, 5.74) is 0. The molecule has 0 radical (unpaired) electrons. The molecule has 1 aromatic rings. The number of halogens is 2. The molecule has 2 rings (SSSR count). The van der Waals surface area contributed by atoms with Gasteiger partial charge < -0.3 is 9.84 Å². The minimum absolute atomic E-state index is 0.0327. The van der Waals surface area contributed by atoms with Crippen molar-refractivity contribution in [2.45, 2.75) is 17.4 Å². The fraction of sp³-hybridized carbons (Fsp3) is 0.417. The lowest BCUT2D eigenvalue weighted by molar-refractivity contribution is -0.144. The van der Waals surface area contributed by atoms with E-state index < -0.39 is 5.97 Å². The Morgan fingerprint density at radius 1 is 1.53 bits per heavy atom. The number of carboxylic acids is 1. The standard InChI is InChI=1S/C12H13Cl2NO3S/c13-8-1-2-11(10(14)5-8)19-15-4-3-9(6-15)18-7-12(16)17/h1-2,5,9H,3-4,6-7H2,(H,16,17). The Morgan fingerprint density at radius 3 is 3.00 bits per heavy atom. The van der Waals surface area contributed by atoms with Crippen LogP contribution in [0.15, 0.2) is 23.1 Å². The molecule has 19 heavy (non-hydrogen) atoms. The zero-order chi connectivity index (χ0) is 13.8. The quantitative estimate of drug-likeness (QED) is 0.844. The van der Waals surface area contributed by atoms with Crippen LogP contribution in [0.1, 0.15) is 6.42 Å². The Labute approximate surface area is 125 Å². The Morgan fingerprint density at radius 2 is 2.32 bits per heavy atom. The third kappa shape index (κ3) is 4.54. The topological polar surface area (TPSA) is 49.8 Å². The largest absolute Gasteiger partial charge is 0.480 e. The molecule has 0 bridgehead atoms. The molecule has 0 amide bonds. The molecule has 1 fully saturated rings. The number of rotatable bonds is 5. The fourth-order valence-corrected chi connectivity index (χ4v) is 3.30. The molecule has 104 valence electrons. The molecule has 4 nitrogen and oxygen atoms in total. The Hall–Kier alpha value is -0.460. The van der Waals surface area contributed by atoms with Crippen molar-refractivity contribution in [3.05, 3.63) is 28.2 Å². The van der Waals surface area contributed by atoms with Crippen LogP contribution in [-0.2, 0) is 9.53 Å². The van der Waals surface area contributed by atoms with Gasteiger partial charge in [0, 0.05) is 23.0 Å². The van der Waals surface area contributed by atoms with Gasteiger partial charge in [0.2, 0.25) is 0 Å². The van der Waals surface area contributed by atoms with Gasteiger partial charge in [-0.3, -0.25) is 0 Å². The predicted molar refractivity (Wildman–Crippen MR) is 75.9 cm³/mol. The maximum absolute atomic E-state index is 10.4. The van der Waals surface area contributed by atoms with E-state index in [4.69, 9.17) is 33.0 Å². The molecule has 1 heterocycles. The van der Waals surface area contributed by atoms with E-state index in [1.807, 2.05) is 6.07 Å². The maximum Gasteiger partial charge on any atom is 0.329 e. The summed E-state index contributed by atoms with van der Waals surface area (Å²) in [7, 11) is 0. The summed E-state index contributed by atoms with van der Waals surface area (Å²) in [5, 5.41) is 9.79. The molecule has 1 N–H and O–H groups in total. The van der Waals surface area contributed by atoms with Crippen LogP contribution in [0.2, 0.25) is 10.0 Å². The average molecular weight is 322 g/mol. The van der Waals surface area contributed by atoms with Gasteiger partial charge in [0.05, 0.1) is 11.1 Å². The molecule has 0 spiro atoms. The van der Waals surface area contributed by atoms with Crippen LogP contribution in [-0.4, -0.2) is 41.2 Å². The first-order valence-corrected chi connectivity index (χ1v) is 7.29. The first-order valence-electron chi connectivity index (χ1n) is 5.76. The van der Waals surface area contributed by atoms with E-state index in [1.54, 1.807) is 12.1 Å². The van der Waals surface area contributed by atoms with Crippen LogP contribution in [0.4, 0.5) is 0 Å². The molecule has 1 unspecified atom stereocenters. The van der Waals surface area contributed by atoms with Crippen LogP contribution in [0, 0.1) is 0 Å². The number of aliphatic carboxylic acids is 1. The first kappa shape index (κ1) is 14.9. The van der Waals surface area contributed by atoms with Crippen LogP contribution in [0.5, 0.6) is 0 Å². The first-order chi connectivity index (χ1) is 9.04. The smallest absolute Gasteiger partial charge is 0.329 e. The zero-order valence-corrected chi connectivity index (χ0v) is 12.3. The SMILES string of the molecule is O=C(O)COC1CCN(Sc2ccc(Cl)cc2Cl)C1. The third-order valence-corrected chi connectivity index (χ3v) is 4.47. The van der Waals surface area contributed by atoms with Gasteiger partial charge in [-0.25, -0.2) is 9.10 Å². The molecule has 7 heteroatoms. The van der Waals surface area contributed by atoms with Gasteiger partial charge in [-0.2, -0.15) is 0 Å². The number of benzene rings is 1. The van der Waals surface area contributed by atoms with Crippen molar-refractivity contribution in [1.82, 2.24) is 4.31 Å². The van der Waals surface area contributed by atoms with E-state index in [1.165, 1.54) is 11.9 Å². The van der Waals surface area contributed by atoms with E-state index in [-0.39, 0.29) is 12.7 Å². The van der Waals surface area contributed by atoms with Crippen molar-refractivity contribution in [1.29, 1.82) is 0 Å². The molecule has 1 aliphatic heterocycles. The van der Waals surface area contributed by atoms with Gasteiger partial charge in [0.15, 0.2) is 0 Å². The van der Waals surface area contributed by atoms with E-state index in [9.17, 15) is 4.79 Å². The lowest BCUT2D eigenvalue weighted by Gasteiger charge is -2.15. The highest BCUT2D eigenvalue weighted by Gasteiger charge is 2.25. The average Bonchev–Trinajstić information content (AvgIpc) is 2.78. The minimum Gasteiger partial charge on any atom is -0.480 e. The van der Waals surface area contributed by atoms with Gasteiger partial charge >= 0.3 is 5.97 Å². The molecule has 0 saturated carbocycles. The fourth-order valence-electron chi connectivity index (χ4n) is 1.79. The highest BCUT2D eigenvalue weighted by atomic mass is 35.5. The number of hydrogen-bond donors (Lipinski definition) is 1. The summed E-state index contributed by atoms with van der Waals surface area (Å²) in [6.07, 6.45) is 0.792. The Bertz CT molecular complexity index is 472. The van der Waals surface area contributed by atoms with Crippen molar-refractivity contribution < 1.29 is 14.6 Å². The summed E-state index contributed by atoms with van der Waals surface area (Å²) in [4.78, 5) is 11.4. The Kier molecular flexibility index (Phi) is 5.36. The van der Waals surface area contributed by atoms with Crippen LogP contribution in [0.3, 0.4) is 0 Å². The number of ether oxygens (including phenoxy) is 1. The van der Waals surface area contributed by atoms with E-state index in [0.29, 0.717) is 16.6 Å². The van der Waals surface area contributed by atoms with Crippen molar-refractivity contribution in [3.63, 3.8) is 0 Å². The number of nitrogens with zero attached hydrogens (tertiary/aromatic N) is 1. The highest BCUT2D eigenvalue weighted by molar-refractivity contribution is 7.97. The molecular weight excluding hydrogens is 309 g/mol.